The van der Waals surface area contributed by atoms with Crippen molar-refractivity contribution in [3.8, 4) is 5.75 Å². The Morgan fingerprint density at radius 2 is 2.11 bits per heavy atom. The van der Waals surface area contributed by atoms with Crippen LogP contribution in [0.1, 0.15) is 11.3 Å². The number of pyridine rings is 1. The summed E-state index contributed by atoms with van der Waals surface area (Å²) in [4.78, 5) is 4.57. The maximum Gasteiger partial charge on any atom is 0.137 e. The molecule has 0 unspecified atom stereocenters. The quantitative estimate of drug-likeness (QED) is 0.728. The second-order valence-electron chi connectivity index (χ2n) is 4.37. The zero-order valence-electron chi connectivity index (χ0n) is 10.5. The number of benzene rings is 1. The first-order chi connectivity index (χ1) is 9.24. The standard InChI is InChI=1S/C15H13ClN2O/c1-19-14-4-2-3-11(8-14)7-13-10-18-9-12(16)5-6-15(18)17-13/h2-6,8-10H,7H2,1H3. The van der Waals surface area contributed by atoms with Crippen LogP contribution < -0.4 is 4.74 Å². The third-order valence-corrected chi connectivity index (χ3v) is 3.21. The Bertz CT molecular complexity index is 721. The molecule has 0 saturated carbocycles. The summed E-state index contributed by atoms with van der Waals surface area (Å²) in [6.45, 7) is 0. The Balaban J connectivity index is 1.92. The third-order valence-electron chi connectivity index (χ3n) is 2.98. The zero-order valence-corrected chi connectivity index (χ0v) is 11.3. The van der Waals surface area contributed by atoms with Crippen LogP contribution in [0.5, 0.6) is 5.75 Å². The van der Waals surface area contributed by atoms with Gasteiger partial charge in [0.1, 0.15) is 11.4 Å². The zero-order chi connectivity index (χ0) is 13.2. The van der Waals surface area contributed by atoms with E-state index in [9.17, 15) is 0 Å². The van der Waals surface area contributed by atoms with E-state index in [0.29, 0.717) is 5.02 Å². The summed E-state index contributed by atoms with van der Waals surface area (Å²) in [6, 6.07) is 11.8. The summed E-state index contributed by atoms with van der Waals surface area (Å²) < 4.78 is 7.17. The molecule has 96 valence electrons. The van der Waals surface area contributed by atoms with E-state index >= 15 is 0 Å². The molecule has 0 bridgehead atoms. The molecule has 3 nitrogen and oxygen atoms in total. The summed E-state index contributed by atoms with van der Waals surface area (Å²) in [5, 5.41) is 0.706. The van der Waals surface area contributed by atoms with Crippen LogP contribution in [-0.2, 0) is 6.42 Å². The van der Waals surface area contributed by atoms with Gasteiger partial charge in [0.05, 0.1) is 17.8 Å². The van der Waals surface area contributed by atoms with Gasteiger partial charge in [-0.1, -0.05) is 23.7 Å². The average molecular weight is 273 g/mol. The van der Waals surface area contributed by atoms with E-state index in [2.05, 4.69) is 11.1 Å². The smallest absolute Gasteiger partial charge is 0.137 e. The number of nitrogens with zero attached hydrogens (tertiary/aromatic N) is 2. The molecule has 0 aliphatic rings. The minimum absolute atomic E-state index is 0.706. The van der Waals surface area contributed by atoms with E-state index in [-0.39, 0.29) is 0 Å². The van der Waals surface area contributed by atoms with Gasteiger partial charge in [0.15, 0.2) is 0 Å². The van der Waals surface area contributed by atoms with E-state index in [1.165, 1.54) is 5.56 Å². The number of rotatable bonds is 3. The molecule has 0 radical (unpaired) electrons. The Labute approximate surface area is 116 Å². The van der Waals surface area contributed by atoms with Gasteiger partial charge in [-0.3, -0.25) is 0 Å². The Morgan fingerprint density at radius 1 is 1.21 bits per heavy atom. The summed E-state index contributed by atoms with van der Waals surface area (Å²) in [6.07, 6.45) is 4.64. The Morgan fingerprint density at radius 3 is 2.95 bits per heavy atom. The summed E-state index contributed by atoms with van der Waals surface area (Å²) in [5.41, 5.74) is 3.09. The molecule has 3 rings (SSSR count). The molecular formula is C15H13ClN2O. The number of halogens is 1. The van der Waals surface area contributed by atoms with Gasteiger partial charge in [-0.2, -0.15) is 0 Å². The fourth-order valence-corrected chi connectivity index (χ4v) is 2.26. The van der Waals surface area contributed by atoms with Crippen molar-refractivity contribution in [3.05, 3.63) is 65.1 Å². The lowest BCUT2D eigenvalue weighted by Gasteiger charge is -2.02. The lowest BCUT2D eigenvalue weighted by Crippen LogP contribution is -1.89. The van der Waals surface area contributed by atoms with Crippen molar-refractivity contribution in [2.45, 2.75) is 6.42 Å². The van der Waals surface area contributed by atoms with Crippen LogP contribution >= 0.6 is 11.6 Å². The second-order valence-corrected chi connectivity index (χ2v) is 4.81. The van der Waals surface area contributed by atoms with Crippen molar-refractivity contribution >= 4 is 17.2 Å². The lowest BCUT2D eigenvalue weighted by atomic mass is 10.1. The van der Waals surface area contributed by atoms with Crippen molar-refractivity contribution in [3.63, 3.8) is 0 Å². The van der Waals surface area contributed by atoms with Crippen LogP contribution in [-0.4, -0.2) is 16.5 Å². The number of hydrogen-bond donors (Lipinski definition) is 0. The predicted molar refractivity (Wildman–Crippen MR) is 76.0 cm³/mol. The number of fused-ring (bicyclic) bond motifs is 1. The monoisotopic (exact) mass is 272 g/mol. The highest BCUT2D eigenvalue weighted by molar-refractivity contribution is 6.30. The van der Waals surface area contributed by atoms with Crippen LogP contribution in [0.25, 0.3) is 5.65 Å². The van der Waals surface area contributed by atoms with Crippen molar-refractivity contribution in [2.75, 3.05) is 7.11 Å². The van der Waals surface area contributed by atoms with E-state index in [0.717, 1.165) is 23.5 Å². The first kappa shape index (κ1) is 12.1. The molecule has 19 heavy (non-hydrogen) atoms. The van der Waals surface area contributed by atoms with E-state index in [1.54, 1.807) is 7.11 Å². The first-order valence-corrected chi connectivity index (χ1v) is 6.38. The van der Waals surface area contributed by atoms with Gasteiger partial charge in [-0.05, 0) is 29.8 Å². The van der Waals surface area contributed by atoms with Crippen LogP contribution in [0.4, 0.5) is 0 Å². The highest BCUT2D eigenvalue weighted by Gasteiger charge is 2.04. The largest absolute Gasteiger partial charge is 0.497 e. The molecule has 2 aromatic heterocycles. The van der Waals surface area contributed by atoms with Gasteiger partial charge in [0.2, 0.25) is 0 Å². The van der Waals surface area contributed by atoms with Gasteiger partial charge >= 0.3 is 0 Å². The molecular weight excluding hydrogens is 260 g/mol. The first-order valence-electron chi connectivity index (χ1n) is 6.01. The number of methoxy groups -OCH3 is 1. The fraction of sp³-hybridized carbons (Fsp3) is 0.133. The number of ether oxygens (including phenoxy) is 1. The maximum absolute atomic E-state index is 5.96. The Kier molecular flexibility index (Phi) is 3.13. The summed E-state index contributed by atoms with van der Waals surface area (Å²) in [7, 11) is 1.67. The van der Waals surface area contributed by atoms with Gasteiger partial charge < -0.3 is 9.14 Å². The van der Waals surface area contributed by atoms with E-state index in [4.69, 9.17) is 16.3 Å². The third kappa shape index (κ3) is 2.56. The van der Waals surface area contributed by atoms with Crippen molar-refractivity contribution in [1.82, 2.24) is 9.38 Å². The molecule has 3 aromatic rings. The minimum atomic E-state index is 0.706. The molecule has 0 fully saturated rings. The second kappa shape index (κ2) is 4.94. The molecule has 0 N–H and O–H groups in total. The number of aromatic nitrogens is 2. The molecule has 0 aliphatic carbocycles. The van der Waals surface area contributed by atoms with Gasteiger partial charge in [0, 0.05) is 18.8 Å². The predicted octanol–water partition coefficient (Wildman–Crippen LogP) is 3.59. The molecule has 0 aliphatic heterocycles. The Hall–Kier alpha value is -2.00. The minimum Gasteiger partial charge on any atom is -0.497 e. The van der Waals surface area contributed by atoms with E-state index < -0.39 is 0 Å². The molecule has 2 heterocycles. The van der Waals surface area contributed by atoms with Gasteiger partial charge in [-0.25, -0.2) is 4.98 Å². The summed E-state index contributed by atoms with van der Waals surface area (Å²) in [5.74, 6) is 0.865. The number of imidazole rings is 1. The number of hydrogen-bond acceptors (Lipinski definition) is 2. The molecule has 0 atom stereocenters. The molecule has 4 heteroatoms. The molecule has 1 aromatic carbocycles. The molecule has 0 spiro atoms. The lowest BCUT2D eigenvalue weighted by molar-refractivity contribution is 0.414. The van der Waals surface area contributed by atoms with E-state index in [1.807, 2.05) is 47.1 Å². The van der Waals surface area contributed by atoms with Crippen LogP contribution in [0.3, 0.4) is 0 Å². The highest BCUT2D eigenvalue weighted by atomic mass is 35.5. The fourth-order valence-electron chi connectivity index (χ4n) is 2.09. The topological polar surface area (TPSA) is 26.5 Å². The van der Waals surface area contributed by atoms with Crippen LogP contribution in [0, 0.1) is 0 Å². The maximum atomic E-state index is 5.96. The van der Waals surface area contributed by atoms with Gasteiger partial charge in [0.25, 0.3) is 0 Å². The molecule has 0 amide bonds. The normalized spacial score (nSPS) is 10.8. The van der Waals surface area contributed by atoms with Crippen LogP contribution in [0.15, 0.2) is 48.8 Å². The molecule has 0 saturated heterocycles. The SMILES string of the molecule is COc1cccc(Cc2cn3cc(Cl)ccc3n2)c1. The summed E-state index contributed by atoms with van der Waals surface area (Å²) >= 11 is 5.96. The van der Waals surface area contributed by atoms with Crippen LogP contribution in [0.2, 0.25) is 5.02 Å². The van der Waals surface area contributed by atoms with Crippen molar-refractivity contribution in [1.29, 1.82) is 0 Å². The van der Waals surface area contributed by atoms with Gasteiger partial charge in [-0.15, -0.1) is 0 Å². The average Bonchev–Trinajstić information content (AvgIpc) is 2.80. The van der Waals surface area contributed by atoms with Crippen molar-refractivity contribution < 1.29 is 4.74 Å². The van der Waals surface area contributed by atoms with Crippen molar-refractivity contribution in [2.24, 2.45) is 0 Å². The highest BCUT2D eigenvalue weighted by Crippen LogP contribution is 2.17.